The van der Waals surface area contributed by atoms with E-state index in [1.165, 1.54) is 12.1 Å². The lowest BCUT2D eigenvalue weighted by Gasteiger charge is -2.36. The van der Waals surface area contributed by atoms with Gasteiger partial charge in [-0.15, -0.1) is 0 Å². The first kappa shape index (κ1) is 22.5. The molecule has 1 aromatic heterocycles. The van der Waals surface area contributed by atoms with Gasteiger partial charge in [0.25, 0.3) is 5.91 Å². The summed E-state index contributed by atoms with van der Waals surface area (Å²) in [5, 5.41) is 0. The second-order valence-electron chi connectivity index (χ2n) is 7.99. The van der Waals surface area contributed by atoms with Crippen LogP contribution in [0.15, 0.2) is 59.1 Å². The normalized spacial score (nSPS) is 13.8. The third-order valence-corrected chi connectivity index (χ3v) is 5.61. The van der Waals surface area contributed by atoms with Gasteiger partial charge in [0.1, 0.15) is 5.82 Å². The summed E-state index contributed by atoms with van der Waals surface area (Å²) in [5.74, 6) is 0.131. The third-order valence-electron chi connectivity index (χ3n) is 5.61. The number of amides is 1. The van der Waals surface area contributed by atoms with Gasteiger partial charge in [-0.3, -0.25) is 9.59 Å². The molecule has 1 aliphatic rings. The number of benzene rings is 2. The number of aromatic nitrogens is 1. The van der Waals surface area contributed by atoms with E-state index in [0.29, 0.717) is 44.3 Å². The molecule has 1 amide bonds. The fourth-order valence-electron chi connectivity index (χ4n) is 3.66. The van der Waals surface area contributed by atoms with E-state index in [-0.39, 0.29) is 24.8 Å². The molecule has 8 heteroatoms. The lowest BCUT2D eigenvalue weighted by atomic mass is 10.1. The molecule has 1 aliphatic heterocycles. The first-order valence-electron chi connectivity index (χ1n) is 10.9. The Morgan fingerprint density at radius 1 is 1.03 bits per heavy atom. The summed E-state index contributed by atoms with van der Waals surface area (Å²) in [6.45, 7) is 4.05. The molecule has 3 aromatic rings. The van der Waals surface area contributed by atoms with Crippen LogP contribution < -0.4 is 4.90 Å². The Bertz CT molecular complexity index is 1090. The van der Waals surface area contributed by atoms with Crippen LogP contribution in [0.5, 0.6) is 0 Å². The maximum atomic E-state index is 13.1. The zero-order chi connectivity index (χ0) is 23.2. The molecule has 0 bridgehead atoms. The quantitative estimate of drug-likeness (QED) is 0.511. The predicted octanol–water partition coefficient (Wildman–Crippen LogP) is 3.61. The predicted molar refractivity (Wildman–Crippen MR) is 121 cm³/mol. The Balaban J connectivity index is 1.18. The van der Waals surface area contributed by atoms with Crippen molar-refractivity contribution >= 4 is 17.6 Å². The lowest BCUT2D eigenvalue weighted by Crippen LogP contribution is -2.49. The Hall–Kier alpha value is -3.68. The minimum absolute atomic E-state index is 0.0828. The molecule has 2 heterocycles. The maximum Gasteiger partial charge on any atom is 0.306 e. The van der Waals surface area contributed by atoms with Crippen LogP contribution in [-0.2, 0) is 20.7 Å². The van der Waals surface area contributed by atoms with Gasteiger partial charge in [-0.25, -0.2) is 9.37 Å². The molecule has 1 saturated heterocycles. The van der Waals surface area contributed by atoms with Crippen LogP contribution in [0.2, 0.25) is 0 Å². The van der Waals surface area contributed by atoms with Gasteiger partial charge in [-0.1, -0.05) is 29.8 Å². The fourth-order valence-corrected chi connectivity index (χ4v) is 3.66. The standard InChI is InChI=1S/C25H26FN3O4/c1-18-2-4-19(5-3-18)22-16-27-23(33-22)10-11-25(31)32-17-24(30)29-14-12-28(13-15-29)21-8-6-20(26)7-9-21/h2-9,16H,10-15,17H2,1H3. The van der Waals surface area contributed by atoms with Crippen molar-refractivity contribution in [2.75, 3.05) is 37.7 Å². The highest BCUT2D eigenvalue weighted by atomic mass is 19.1. The number of halogens is 1. The van der Waals surface area contributed by atoms with Gasteiger partial charge in [-0.05, 0) is 31.2 Å². The van der Waals surface area contributed by atoms with Crippen molar-refractivity contribution in [2.24, 2.45) is 0 Å². The molecule has 0 saturated carbocycles. The van der Waals surface area contributed by atoms with Crippen molar-refractivity contribution < 1.29 is 23.1 Å². The van der Waals surface area contributed by atoms with Gasteiger partial charge in [0.05, 0.1) is 12.6 Å². The molecule has 0 unspecified atom stereocenters. The average molecular weight is 451 g/mol. The van der Waals surface area contributed by atoms with E-state index < -0.39 is 5.97 Å². The van der Waals surface area contributed by atoms with Crippen LogP contribution in [0.1, 0.15) is 17.9 Å². The summed E-state index contributed by atoms with van der Waals surface area (Å²) in [6, 6.07) is 14.2. The number of ether oxygens (including phenoxy) is 1. The van der Waals surface area contributed by atoms with Crippen LogP contribution in [0.4, 0.5) is 10.1 Å². The van der Waals surface area contributed by atoms with Crippen molar-refractivity contribution in [3.05, 3.63) is 72.0 Å². The average Bonchev–Trinajstić information content (AvgIpc) is 3.31. The summed E-state index contributed by atoms with van der Waals surface area (Å²) < 4.78 is 24.0. The topological polar surface area (TPSA) is 75.9 Å². The molecule has 0 atom stereocenters. The van der Waals surface area contributed by atoms with Gasteiger partial charge in [0.15, 0.2) is 18.3 Å². The maximum absolute atomic E-state index is 13.1. The number of aryl methyl sites for hydroxylation is 2. The highest BCUT2D eigenvalue weighted by Gasteiger charge is 2.22. The largest absolute Gasteiger partial charge is 0.456 e. The highest BCUT2D eigenvalue weighted by Crippen LogP contribution is 2.21. The number of esters is 1. The van der Waals surface area contributed by atoms with Crippen molar-refractivity contribution in [3.8, 4) is 11.3 Å². The first-order chi connectivity index (χ1) is 16.0. The molecule has 172 valence electrons. The van der Waals surface area contributed by atoms with Gasteiger partial charge in [-0.2, -0.15) is 0 Å². The molecule has 2 aromatic carbocycles. The van der Waals surface area contributed by atoms with Crippen LogP contribution >= 0.6 is 0 Å². The summed E-state index contributed by atoms with van der Waals surface area (Å²) in [5.41, 5.74) is 3.00. The number of anilines is 1. The van der Waals surface area contributed by atoms with Gasteiger partial charge >= 0.3 is 5.97 Å². The van der Waals surface area contributed by atoms with E-state index in [2.05, 4.69) is 9.88 Å². The van der Waals surface area contributed by atoms with E-state index in [9.17, 15) is 14.0 Å². The number of oxazole rings is 1. The van der Waals surface area contributed by atoms with E-state index >= 15 is 0 Å². The number of nitrogens with zero attached hydrogens (tertiary/aromatic N) is 3. The van der Waals surface area contributed by atoms with Crippen molar-refractivity contribution in [1.82, 2.24) is 9.88 Å². The molecule has 33 heavy (non-hydrogen) atoms. The third kappa shape index (κ3) is 5.97. The number of rotatable bonds is 7. The molecule has 0 N–H and O–H groups in total. The van der Waals surface area contributed by atoms with E-state index in [4.69, 9.17) is 9.15 Å². The zero-order valence-electron chi connectivity index (χ0n) is 18.5. The van der Waals surface area contributed by atoms with Gasteiger partial charge in [0.2, 0.25) is 0 Å². The van der Waals surface area contributed by atoms with Crippen LogP contribution in [-0.4, -0.2) is 54.5 Å². The minimum atomic E-state index is -0.469. The van der Waals surface area contributed by atoms with Crippen molar-refractivity contribution in [2.45, 2.75) is 19.8 Å². The number of hydrogen-bond donors (Lipinski definition) is 0. The number of carbonyl (C=O) groups excluding carboxylic acids is 2. The molecular formula is C25H26FN3O4. The molecule has 1 fully saturated rings. The second-order valence-corrected chi connectivity index (χ2v) is 7.99. The summed E-state index contributed by atoms with van der Waals surface area (Å²) in [7, 11) is 0. The summed E-state index contributed by atoms with van der Waals surface area (Å²) in [4.78, 5) is 32.5. The van der Waals surface area contributed by atoms with Crippen LogP contribution in [0, 0.1) is 12.7 Å². The zero-order valence-corrected chi connectivity index (χ0v) is 18.5. The molecule has 0 radical (unpaired) electrons. The van der Waals surface area contributed by atoms with Crippen molar-refractivity contribution in [1.29, 1.82) is 0 Å². The van der Waals surface area contributed by atoms with E-state index in [0.717, 1.165) is 16.8 Å². The van der Waals surface area contributed by atoms with Crippen LogP contribution in [0.3, 0.4) is 0 Å². The van der Waals surface area contributed by atoms with E-state index in [1.54, 1.807) is 23.2 Å². The second kappa shape index (κ2) is 10.3. The summed E-state index contributed by atoms with van der Waals surface area (Å²) >= 11 is 0. The number of carbonyl (C=O) groups is 2. The summed E-state index contributed by atoms with van der Waals surface area (Å²) in [6.07, 6.45) is 2.02. The smallest absolute Gasteiger partial charge is 0.306 e. The number of piperazine rings is 1. The Labute approximate surface area is 191 Å². The van der Waals surface area contributed by atoms with Gasteiger partial charge in [0, 0.05) is 43.9 Å². The molecule has 0 aliphatic carbocycles. The van der Waals surface area contributed by atoms with Crippen LogP contribution in [0.25, 0.3) is 11.3 Å². The highest BCUT2D eigenvalue weighted by molar-refractivity contribution is 5.81. The Kier molecular flexibility index (Phi) is 7.02. The molecular weight excluding hydrogens is 425 g/mol. The van der Waals surface area contributed by atoms with E-state index in [1.807, 2.05) is 31.2 Å². The Morgan fingerprint density at radius 3 is 2.42 bits per heavy atom. The first-order valence-corrected chi connectivity index (χ1v) is 10.9. The molecule has 4 rings (SSSR count). The number of hydrogen-bond acceptors (Lipinski definition) is 6. The SMILES string of the molecule is Cc1ccc(-c2cnc(CCC(=O)OCC(=O)N3CCN(c4ccc(F)cc4)CC3)o2)cc1. The fraction of sp³-hybridized carbons (Fsp3) is 0.320. The molecule has 7 nitrogen and oxygen atoms in total. The molecule has 0 spiro atoms. The van der Waals surface area contributed by atoms with Gasteiger partial charge < -0.3 is 19.0 Å². The monoisotopic (exact) mass is 451 g/mol. The van der Waals surface area contributed by atoms with Crippen molar-refractivity contribution in [3.63, 3.8) is 0 Å². The Morgan fingerprint density at radius 2 is 1.73 bits per heavy atom. The minimum Gasteiger partial charge on any atom is -0.456 e. The lowest BCUT2D eigenvalue weighted by molar-refractivity contribution is -0.152.